The lowest BCUT2D eigenvalue weighted by atomic mass is 9.84. The van der Waals surface area contributed by atoms with Crippen LogP contribution < -0.4 is 4.74 Å². The van der Waals surface area contributed by atoms with Crippen LogP contribution in [0, 0.1) is 6.92 Å². The summed E-state index contributed by atoms with van der Waals surface area (Å²) in [6.07, 6.45) is 2.45. The minimum Gasteiger partial charge on any atom is -0.486 e. The Morgan fingerprint density at radius 1 is 1.27 bits per heavy atom. The van der Waals surface area contributed by atoms with Crippen molar-refractivity contribution >= 4 is 17.6 Å². The molecule has 2 amide bonds. The van der Waals surface area contributed by atoms with Gasteiger partial charge in [-0.1, -0.05) is 11.6 Å². The molecule has 0 bridgehead atoms. The van der Waals surface area contributed by atoms with Crippen LogP contribution in [0.1, 0.15) is 61.4 Å². The highest BCUT2D eigenvalue weighted by Gasteiger charge is 2.44. The predicted octanol–water partition coefficient (Wildman–Crippen LogP) is 2.08. The monoisotopic (exact) mass is 414 g/mol. The van der Waals surface area contributed by atoms with Gasteiger partial charge in [0.1, 0.15) is 17.4 Å². The van der Waals surface area contributed by atoms with Crippen molar-refractivity contribution in [2.75, 3.05) is 19.6 Å². The molecule has 1 aromatic rings. The molecular weight excluding hydrogens is 384 g/mol. The first kappa shape index (κ1) is 20.8. The maximum Gasteiger partial charge on any atom is 0.245 e. The fourth-order valence-electron chi connectivity index (χ4n) is 4.90. The third-order valence-electron chi connectivity index (χ3n) is 6.70. The molecule has 0 aliphatic carbocycles. The van der Waals surface area contributed by atoms with Gasteiger partial charge in [-0.3, -0.25) is 14.4 Å². The van der Waals surface area contributed by atoms with E-state index in [-0.39, 0.29) is 30.4 Å². The van der Waals surface area contributed by atoms with E-state index >= 15 is 0 Å². The van der Waals surface area contributed by atoms with Crippen LogP contribution >= 0.6 is 0 Å². The second kappa shape index (κ2) is 8.02. The Morgan fingerprint density at radius 2 is 2.07 bits per heavy atom. The highest BCUT2D eigenvalue weighted by Crippen LogP contribution is 2.40. The minimum atomic E-state index is -0.701. The molecule has 3 heterocycles. The van der Waals surface area contributed by atoms with Crippen molar-refractivity contribution in [3.05, 3.63) is 29.3 Å². The Kier molecular flexibility index (Phi) is 5.57. The van der Waals surface area contributed by atoms with Gasteiger partial charge in [-0.05, 0) is 45.2 Å². The van der Waals surface area contributed by atoms with E-state index in [9.17, 15) is 19.5 Å². The van der Waals surface area contributed by atoms with Crippen LogP contribution in [0.2, 0.25) is 0 Å². The molecule has 4 rings (SSSR count). The zero-order valence-corrected chi connectivity index (χ0v) is 17.7. The van der Waals surface area contributed by atoms with Gasteiger partial charge >= 0.3 is 0 Å². The fraction of sp³-hybridized carbons (Fsp3) is 0.609. The van der Waals surface area contributed by atoms with Crippen LogP contribution in [-0.4, -0.2) is 69.9 Å². The molecule has 3 atom stereocenters. The molecule has 0 radical (unpaired) electrons. The number of aryl methyl sites for hydroxylation is 1. The SMILES string of the molecule is Cc1ccc2c(c1)C(=O)C[C@]1(CCC(=O)N([C@@H](C)C(=O)N3CCC[C@H](O)C3)CC1)O2. The van der Waals surface area contributed by atoms with Crippen LogP contribution in [0.4, 0.5) is 0 Å². The Morgan fingerprint density at radius 3 is 2.83 bits per heavy atom. The highest BCUT2D eigenvalue weighted by atomic mass is 16.5. The van der Waals surface area contributed by atoms with E-state index in [0.717, 1.165) is 12.0 Å². The number of aliphatic hydroxyl groups is 1. The number of piperidine rings is 1. The number of ketones is 1. The maximum absolute atomic E-state index is 13.0. The molecular formula is C23H30N2O5. The number of nitrogens with zero attached hydrogens (tertiary/aromatic N) is 2. The third kappa shape index (κ3) is 3.95. The van der Waals surface area contributed by atoms with E-state index in [1.54, 1.807) is 16.7 Å². The average Bonchev–Trinajstić information content (AvgIpc) is 2.87. The van der Waals surface area contributed by atoms with Crippen molar-refractivity contribution in [1.82, 2.24) is 9.80 Å². The molecule has 2 saturated heterocycles. The number of fused-ring (bicyclic) bond motifs is 1. The molecule has 0 aromatic heterocycles. The Bertz CT molecular complexity index is 869. The molecule has 1 spiro atoms. The summed E-state index contributed by atoms with van der Waals surface area (Å²) in [7, 11) is 0. The van der Waals surface area contributed by atoms with Crippen molar-refractivity contribution in [2.24, 2.45) is 0 Å². The smallest absolute Gasteiger partial charge is 0.245 e. The third-order valence-corrected chi connectivity index (χ3v) is 6.70. The van der Waals surface area contributed by atoms with Crippen LogP contribution in [0.5, 0.6) is 5.75 Å². The summed E-state index contributed by atoms with van der Waals surface area (Å²) in [6.45, 7) is 5.00. The van der Waals surface area contributed by atoms with E-state index in [0.29, 0.717) is 50.2 Å². The number of likely N-dealkylation sites (tertiary alicyclic amines) is 2. The number of carbonyl (C=O) groups excluding carboxylic acids is 3. The molecule has 7 nitrogen and oxygen atoms in total. The minimum absolute atomic E-state index is 0.0484. The van der Waals surface area contributed by atoms with Crippen LogP contribution in [0.3, 0.4) is 0 Å². The van der Waals surface area contributed by atoms with Gasteiger partial charge in [0, 0.05) is 32.5 Å². The number of hydrogen-bond acceptors (Lipinski definition) is 5. The number of Topliss-reactive ketones (excluding diaryl/α,β-unsaturated/α-hetero) is 1. The number of rotatable bonds is 2. The summed E-state index contributed by atoms with van der Waals surface area (Å²) >= 11 is 0. The van der Waals surface area contributed by atoms with Gasteiger partial charge in [0.15, 0.2) is 5.78 Å². The number of benzene rings is 1. The Labute approximate surface area is 177 Å². The molecule has 1 N–H and O–H groups in total. The molecule has 7 heteroatoms. The van der Waals surface area contributed by atoms with Gasteiger partial charge in [0.05, 0.1) is 18.1 Å². The number of aliphatic hydroxyl groups excluding tert-OH is 1. The molecule has 3 aliphatic heterocycles. The van der Waals surface area contributed by atoms with Crippen molar-refractivity contribution in [3.63, 3.8) is 0 Å². The predicted molar refractivity (Wildman–Crippen MR) is 110 cm³/mol. The highest BCUT2D eigenvalue weighted by molar-refractivity contribution is 6.00. The molecule has 0 unspecified atom stereocenters. The largest absolute Gasteiger partial charge is 0.486 e. The standard InChI is InChI=1S/C23H30N2O5/c1-15-5-6-20-18(12-15)19(27)13-23(30-20)8-7-21(28)25(11-9-23)16(2)22(29)24-10-3-4-17(26)14-24/h5-6,12,16-17,26H,3-4,7-11,13-14H2,1-2H3/t16-,17-,23+/m0/s1. The van der Waals surface area contributed by atoms with Gasteiger partial charge in [-0.15, -0.1) is 0 Å². The second-order valence-corrected chi connectivity index (χ2v) is 8.98. The first-order valence-corrected chi connectivity index (χ1v) is 10.9. The second-order valence-electron chi connectivity index (χ2n) is 8.98. The van der Waals surface area contributed by atoms with E-state index in [2.05, 4.69) is 0 Å². The molecule has 0 saturated carbocycles. The van der Waals surface area contributed by atoms with Gasteiger partial charge < -0.3 is 19.6 Å². The fourth-order valence-corrected chi connectivity index (χ4v) is 4.90. The first-order valence-electron chi connectivity index (χ1n) is 10.9. The normalized spacial score (nSPS) is 28.0. The summed E-state index contributed by atoms with van der Waals surface area (Å²) in [4.78, 5) is 41.9. The molecule has 30 heavy (non-hydrogen) atoms. The van der Waals surface area contributed by atoms with Gasteiger partial charge in [0.25, 0.3) is 0 Å². The van der Waals surface area contributed by atoms with Crippen LogP contribution in [0.15, 0.2) is 18.2 Å². The summed E-state index contributed by atoms with van der Waals surface area (Å²) < 4.78 is 6.30. The summed E-state index contributed by atoms with van der Waals surface area (Å²) in [5.74, 6) is 0.423. The van der Waals surface area contributed by atoms with E-state index in [4.69, 9.17) is 4.74 Å². The average molecular weight is 415 g/mol. The van der Waals surface area contributed by atoms with E-state index in [1.165, 1.54) is 0 Å². The van der Waals surface area contributed by atoms with Crippen LogP contribution in [0.25, 0.3) is 0 Å². The first-order chi connectivity index (χ1) is 14.3. The van der Waals surface area contributed by atoms with Gasteiger partial charge in [0.2, 0.25) is 11.8 Å². The molecule has 2 fully saturated rings. The van der Waals surface area contributed by atoms with Gasteiger partial charge in [-0.25, -0.2) is 0 Å². The Hall–Kier alpha value is -2.41. The number of β-amino-alcohol motifs (C(OH)–C–C–N with tert-alkyl or cyclic N) is 1. The molecule has 1 aromatic carbocycles. The van der Waals surface area contributed by atoms with E-state index in [1.807, 2.05) is 25.1 Å². The lowest BCUT2D eigenvalue weighted by Crippen LogP contribution is -2.52. The van der Waals surface area contributed by atoms with Crippen molar-refractivity contribution in [3.8, 4) is 5.75 Å². The van der Waals surface area contributed by atoms with Crippen molar-refractivity contribution in [1.29, 1.82) is 0 Å². The number of carbonyl (C=O) groups is 3. The maximum atomic E-state index is 13.0. The Balaban J connectivity index is 1.48. The topological polar surface area (TPSA) is 87.2 Å². The number of ether oxygens (including phenoxy) is 1. The molecule has 162 valence electrons. The zero-order valence-electron chi connectivity index (χ0n) is 17.7. The van der Waals surface area contributed by atoms with Crippen molar-refractivity contribution in [2.45, 2.75) is 70.1 Å². The summed E-state index contributed by atoms with van der Waals surface area (Å²) in [6, 6.07) is 5.02. The lowest BCUT2D eigenvalue weighted by Gasteiger charge is -2.38. The van der Waals surface area contributed by atoms with Gasteiger partial charge in [-0.2, -0.15) is 0 Å². The molecule has 3 aliphatic rings. The zero-order chi connectivity index (χ0) is 21.5. The summed E-state index contributed by atoms with van der Waals surface area (Å²) in [5.41, 5.74) is 0.924. The number of hydrogen-bond donors (Lipinski definition) is 1. The lowest BCUT2D eigenvalue weighted by molar-refractivity contribution is -0.146. The quantitative estimate of drug-likeness (QED) is 0.801. The number of amides is 2. The van der Waals surface area contributed by atoms with Crippen LogP contribution in [-0.2, 0) is 9.59 Å². The van der Waals surface area contributed by atoms with E-state index < -0.39 is 17.7 Å². The van der Waals surface area contributed by atoms with Crippen molar-refractivity contribution < 1.29 is 24.2 Å². The summed E-state index contributed by atoms with van der Waals surface area (Å²) in [5, 5.41) is 9.88.